The van der Waals surface area contributed by atoms with Crippen LogP contribution in [0.3, 0.4) is 0 Å². The van der Waals surface area contributed by atoms with E-state index >= 15 is 0 Å². The summed E-state index contributed by atoms with van der Waals surface area (Å²) in [5, 5.41) is 14.0. The molecule has 172 valence electrons. The van der Waals surface area contributed by atoms with E-state index < -0.39 is 16.7 Å². The molecule has 0 aliphatic carbocycles. The van der Waals surface area contributed by atoms with Crippen molar-refractivity contribution in [3.05, 3.63) is 91.2 Å². The molecular weight excluding hydrogens is 499 g/mol. The zero-order valence-electron chi connectivity index (χ0n) is 17.8. The van der Waals surface area contributed by atoms with Gasteiger partial charge in [-0.25, -0.2) is 0 Å². The number of non-ortho nitro benzene ring substituents is 1. The number of carbonyl (C=O) groups is 2. The van der Waals surface area contributed by atoms with Gasteiger partial charge in [0, 0.05) is 34.2 Å². The van der Waals surface area contributed by atoms with E-state index in [0.29, 0.717) is 22.0 Å². The van der Waals surface area contributed by atoms with E-state index in [2.05, 4.69) is 5.32 Å². The molecule has 2 aromatic carbocycles. The van der Waals surface area contributed by atoms with Gasteiger partial charge >= 0.3 is 0 Å². The number of carbonyl (C=O) groups excluding carboxylic acids is 2. The Morgan fingerprint density at radius 1 is 1.06 bits per heavy atom. The molecule has 34 heavy (non-hydrogen) atoms. The molecule has 0 radical (unpaired) electrons. The van der Waals surface area contributed by atoms with Crippen LogP contribution in [0.5, 0.6) is 0 Å². The van der Waals surface area contributed by atoms with Gasteiger partial charge in [0.25, 0.3) is 17.5 Å². The van der Waals surface area contributed by atoms with E-state index in [1.54, 1.807) is 24.3 Å². The first-order chi connectivity index (χ1) is 16.1. The highest BCUT2D eigenvalue weighted by molar-refractivity contribution is 7.80. The smallest absolute Gasteiger partial charge is 0.270 e. The summed E-state index contributed by atoms with van der Waals surface area (Å²) in [6.07, 6.45) is 1.49. The van der Waals surface area contributed by atoms with Crippen molar-refractivity contribution in [3.63, 3.8) is 0 Å². The monoisotopic (exact) mass is 514 g/mol. The average Bonchev–Trinajstić information content (AvgIpc) is 3.05. The number of aryl methyl sites for hydroxylation is 1. The number of thiocarbonyl (C=S) groups is 1. The quantitative estimate of drug-likeness (QED) is 0.171. The largest absolute Gasteiger partial charge is 0.318 e. The zero-order valence-corrected chi connectivity index (χ0v) is 20.2. The van der Waals surface area contributed by atoms with Crippen molar-refractivity contribution in [1.29, 1.82) is 0 Å². The second kappa shape index (κ2) is 9.02. The number of halogens is 2. The molecule has 1 N–H and O–H groups in total. The van der Waals surface area contributed by atoms with Crippen LogP contribution < -0.4 is 10.2 Å². The Balaban J connectivity index is 1.75. The maximum atomic E-state index is 13.3. The molecule has 1 saturated heterocycles. The average molecular weight is 515 g/mol. The molecule has 0 spiro atoms. The number of nitro benzene ring substituents is 1. The van der Waals surface area contributed by atoms with E-state index in [4.69, 9.17) is 35.4 Å². The van der Waals surface area contributed by atoms with Crippen molar-refractivity contribution in [2.75, 3.05) is 4.90 Å². The third-order valence-corrected chi connectivity index (χ3v) is 6.16. The van der Waals surface area contributed by atoms with Crippen LogP contribution in [0.25, 0.3) is 11.8 Å². The molecule has 4 rings (SSSR count). The number of hydrogen-bond donors (Lipinski definition) is 1. The minimum atomic E-state index is -0.628. The Kier molecular flexibility index (Phi) is 6.26. The van der Waals surface area contributed by atoms with Gasteiger partial charge in [0.1, 0.15) is 5.57 Å². The summed E-state index contributed by atoms with van der Waals surface area (Å²) in [5.41, 5.74) is 3.05. The molecule has 8 nitrogen and oxygen atoms in total. The molecule has 2 amide bonds. The van der Waals surface area contributed by atoms with E-state index in [1.165, 1.54) is 24.3 Å². The molecule has 1 aromatic heterocycles. The summed E-state index contributed by atoms with van der Waals surface area (Å²) in [6.45, 7) is 3.68. The highest BCUT2D eigenvalue weighted by atomic mass is 35.5. The Morgan fingerprint density at radius 2 is 1.74 bits per heavy atom. The molecule has 0 unspecified atom stereocenters. The Hall–Kier alpha value is -3.53. The number of benzene rings is 2. The van der Waals surface area contributed by atoms with Gasteiger partial charge in [-0.2, -0.15) is 0 Å². The minimum absolute atomic E-state index is 0.0186. The summed E-state index contributed by atoms with van der Waals surface area (Å²) in [5.74, 6) is -1.26. The summed E-state index contributed by atoms with van der Waals surface area (Å²) < 4.78 is 1.87. The zero-order chi connectivity index (χ0) is 24.7. The van der Waals surface area contributed by atoms with E-state index in [1.807, 2.05) is 24.5 Å². The van der Waals surface area contributed by atoms with Crippen molar-refractivity contribution < 1.29 is 14.5 Å². The number of aromatic nitrogens is 1. The fourth-order valence-electron chi connectivity index (χ4n) is 3.75. The minimum Gasteiger partial charge on any atom is -0.318 e. The predicted molar refractivity (Wildman–Crippen MR) is 135 cm³/mol. The van der Waals surface area contributed by atoms with Crippen LogP contribution in [0.2, 0.25) is 10.0 Å². The summed E-state index contributed by atoms with van der Waals surface area (Å²) in [7, 11) is 0. The second-order valence-corrected chi connectivity index (χ2v) is 8.72. The Bertz CT molecular complexity index is 1410. The van der Waals surface area contributed by atoms with Gasteiger partial charge in [-0.3, -0.25) is 29.9 Å². The molecule has 11 heteroatoms. The van der Waals surface area contributed by atoms with Crippen LogP contribution in [-0.2, 0) is 9.59 Å². The van der Waals surface area contributed by atoms with Gasteiger partial charge in [0.2, 0.25) is 0 Å². The molecule has 0 bridgehead atoms. The van der Waals surface area contributed by atoms with Crippen LogP contribution in [0.15, 0.2) is 54.1 Å². The van der Waals surface area contributed by atoms with Crippen molar-refractivity contribution >= 4 is 69.8 Å². The van der Waals surface area contributed by atoms with Crippen LogP contribution in [-0.4, -0.2) is 26.4 Å². The van der Waals surface area contributed by atoms with Gasteiger partial charge in [-0.1, -0.05) is 23.2 Å². The topological polar surface area (TPSA) is 97.5 Å². The second-order valence-electron chi connectivity index (χ2n) is 7.49. The lowest BCUT2D eigenvalue weighted by atomic mass is 10.1. The van der Waals surface area contributed by atoms with Crippen LogP contribution in [0.4, 0.5) is 11.4 Å². The third-order valence-electron chi connectivity index (χ3n) is 5.34. The van der Waals surface area contributed by atoms with Crippen LogP contribution >= 0.6 is 35.4 Å². The van der Waals surface area contributed by atoms with Gasteiger partial charge in [-0.05, 0) is 74.1 Å². The highest BCUT2D eigenvalue weighted by Gasteiger charge is 2.35. The maximum Gasteiger partial charge on any atom is 0.270 e. The lowest BCUT2D eigenvalue weighted by Crippen LogP contribution is -2.54. The number of nitrogens with one attached hydrogen (secondary N) is 1. The molecule has 2 heterocycles. The summed E-state index contributed by atoms with van der Waals surface area (Å²) in [6, 6.07) is 12.5. The molecule has 3 aromatic rings. The van der Waals surface area contributed by atoms with Gasteiger partial charge in [0.15, 0.2) is 5.11 Å². The Labute approximate surface area is 209 Å². The molecule has 1 aliphatic rings. The Morgan fingerprint density at radius 3 is 2.35 bits per heavy atom. The van der Waals surface area contributed by atoms with E-state index in [-0.39, 0.29) is 21.4 Å². The lowest BCUT2D eigenvalue weighted by molar-refractivity contribution is -0.384. The third kappa shape index (κ3) is 4.21. The first-order valence-electron chi connectivity index (χ1n) is 9.88. The lowest BCUT2D eigenvalue weighted by Gasteiger charge is -2.29. The van der Waals surface area contributed by atoms with Crippen molar-refractivity contribution in [2.45, 2.75) is 13.8 Å². The highest BCUT2D eigenvalue weighted by Crippen LogP contribution is 2.32. The normalized spacial score (nSPS) is 15.1. The summed E-state index contributed by atoms with van der Waals surface area (Å²) in [4.78, 5) is 37.6. The SMILES string of the molecule is Cc1cc(C=C2C(=O)NC(=S)N(c3ccc(Cl)cc3Cl)C2=O)c(C)n1-c1ccc([N+](=O)[O-])cc1. The number of nitro groups is 1. The number of anilines is 1. The molecule has 1 aliphatic heterocycles. The number of hydrogen-bond acceptors (Lipinski definition) is 5. The molecule has 0 atom stereocenters. The number of nitrogens with zero attached hydrogens (tertiary/aromatic N) is 3. The van der Waals surface area contributed by atoms with Crippen molar-refractivity contribution in [2.24, 2.45) is 0 Å². The predicted octanol–water partition coefficient (Wildman–Crippen LogP) is 5.14. The number of rotatable bonds is 4. The fraction of sp³-hybridized carbons (Fsp3) is 0.0870. The van der Waals surface area contributed by atoms with Crippen LogP contribution in [0.1, 0.15) is 17.0 Å². The van der Waals surface area contributed by atoms with Crippen molar-refractivity contribution in [1.82, 2.24) is 9.88 Å². The summed E-state index contributed by atoms with van der Waals surface area (Å²) >= 11 is 17.4. The van der Waals surface area contributed by atoms with E-state index in [0.717, 1.165) is 16.3 Å². The molecular formula is C23H16Cl2N4O4S. The molecule has 0 saturated carbocycles. The maximum absolute atomic E-state index is 13.3. The van der Waals surface area contributed by atoms with Gasteiger partial charge < -0.3 is 4.57 Å². The first-order valence-corrected chi connectivity index (χ1v) is 11.0. The van der Waals surface area contributed by atoms with Crippen molar-refractivity contribution in [3.8, 4) is 5.69 Å². The van der Waals surface area contributed by atoms with Gasteiger partial charge in [0.05, 0.1) is 15.6 Å². The van der Waals surface area contributed by atoms with E-state index in [9.17, 15) is 19.7 Å². The first kappa shape index (κ1) is 23.6. The molecule has 1 fully saturated rings. The number of amides is 2. The standard InChI is InChI=1S/C23H16Cl2N4O4S/c1-12-9-14(13(2)27(12)16-4-6-17(7-5-16)29(32)33)10-18-21(30)26-23(34)28(22(18)31)20-8-3-15(24)11-19(20)25/h3-11H,1-2H3,(H,26,30,34). The van der Waals surface area contributed by atoms with Gasteiger partial charge in [-0.15, -0.1) is 0 Å². The van der Waals surface area contributed by atoms with Crippen LogP contribution in [0, 0.1) is 24.0 Å². The fourth-order valence-corrected chi connectivity index (χ4v) is 4.52.